The first kappa shape index (κ1) is 16.4. The summed E-state index contributed by atoms with van der Waals surface area (Å²) in [5.74, 6) is 4.26. The summed E-state index contributed by atoms with van der Waals surface area (Å²) in [6.07, 6.45) is 6.84. The lowest BCUT2D eigenvalue weighted by atomic mass is 10.1. The van der Waals surface area contributed by atoms with E-state index in [0.29, 0.717) is 19.3 Å². The molecule has 1 rings (SSSR count). The molecule has 0 aliphatic heterocycles. The van der Waals surface area contributed by atoms with Crippen molar-refractivity contribution in [2.45, 2.75) is 46.2 Å². The second-order valence-electron chi connectivity index (χ2n) is 4.87. The number of hydrogen-bond donors (Lipinski definition) is 1. The number of para-hydroxylation sites is 1. The Bertz CT molecular complexity index is 435. The van der Waals surface area contributed by atoms with Gasteiger partial charge in [0.25, 0.3) is 0 Å². The summed E-state index contributed by atoms with van der Waals surface area (Å²) in [5, 5.41) is 3.41. The van der Waals surface area contributed by atoms with Crippen LogP contribution in [0.5, 0.6) is 11.5 Å². The third kappa shape index (κ3) is 5.54. The van der Waals surface area contributed by atoms with Crippen molar-refractivity contribution < 1.29 is 9.47 Å². The van der Waals surface area contributed by atoms with Gasteiger partial charge in [0, 0.05) is 24.6 Å². The molecule has 20 heavy (non-hydrogen) atoms. The summed E-state index contributed by atoms with van der Waals surface area (Å²) in [7, 11) is 0. The molecule has 1 aromatic rings. The topological polar surface area (TPSA) is 30.5 Å². The van der Waals surface area contributed by atoms with Crippen molar-refractivity contribution in [2.75, 3.05) is 13.2 Å². The third-order valence-corrected chi connectivity index (χ3v) is 2.77. The average Bonchev–Trinajstić information content (AvgIpc) is 2.43. The highest BCUT2D eigenvalue weighted by molar-refractivity contribution is 5.46. The Labute approximate surface area is 122 Å². The fraction of sp³-hybridized carbons (Fsp3) is 0.529. The molecule has 0 bridgehead atoms. The van der Waals surface area contributed by atoms with Gasteiger partial charge in [-0.2, -0.15) is 0 Å². The van der Waals surface area contributed by atoms with Crippen LogP contribution in [0.1, 0.15) is 39.2 Å². The Morgan fingerprint density at radius 1 is 1.30 bits per heavy atom. The van der Waals surface area contributed by atoms with Crippen LogP contribution in [0.3, 0.4) is 0 Å². The standard InChI is InChI=1S/C17H25NO2/c1-5-7-8-12-20-17-15(13-18-14(3)4)10-9-11-16(17)19-6-2/h1,9-11,14,18H,6-8,12-13H2,2-4H3. The van der Waals surface area contributed by atoms with E-state index in [-0.39, 0.29) is 0 Å². The minimum Gasteiger partial charge on any atom is -0.490 e. The van der Waals surface area contributed by atoms with Gasteiger partial charge in [0.2, 0.25) is 0 Å². The smallest absolute Gasteiger partial charge is 0.165 e. The van der Waals surface area contributed by atoms with Crippen LogP contribution in [0.2, 0.25) is 0 Å². The molecule has 0 atom stereocenters. The second kappa shape index (κ2) is 9.28. The number of terminal acetylenes is 1. The Morgan fingerprint density at radius 2 is 2.10 bits per heavy atom. The van der Waals surface area contributed by atoms with Crippen molar-refractivity contribution >= 4 is 0 Å². The predicted molar refractivity (Wildman–Crippen MR) is 83.1 cm³/mol. The van der Waals surface area contributed by atoms with Gasteiger partial charge >= 0.3 is 0 Å². The van der Waals surface area contributed by atoms with E-state index in [1.165, 1.54) is 0 Å². The number of unbranched alkanes of at least 4 members (excludes halogenated alkanes) is 1. The number of hydrogen-bond acceptors (Lipinski definition) is 3. The van der Waals surface area contributed by atoms with Crippen LogP contribution in [0.15, 0.2) is 18.2 Å². The van der Waals surface area contributed by atoms with Crippen molar-refractivity contribution in [3.05, 3.63) is 23.8 Å². The van der Waals surface area contributed by atoms with Gasteiger partial charge in [-0.05, 0) is 19.4 Å². The van der Waals surface area contributed by atoms with E-state index in [1.54, 1.807) is 0 Å². The lowest BCUT2D eigenvalue weighted by molar-refractivity contribution is 0.271. The van der Waals surface area contributed by atoms with Gasteiger partial charge in [0.05, 0.1) is 13.2 Å². The molecule has 0 heterocycles. The minimum absolute atomic E-state index is 0.431. The zero-order valence-electron chi connectivity index (χ0n) is 12.7. The summed E-state index contributed by atoms with van der Waals surface area (Å²) in [6.45, 7) is 8.23. The van der Waals surface area contributed by atoms with Gasteiger partial charge in [0.15, 0.2) is 11.5 Å². The van der Waals surface area contributed by atoms with Gasteiger partial charge < -0.3 is 14.8 Å². The normalized spacial score (nSPS) is 10.3. The van der Waals surface area contributed by atoms with E-state index in [4.69, 9.17) is 15.9 Å². The Kier molecular flexibility index (Phi) is 7.60. The fourth-order valence-electron chi connectivity index (χ4n) is 1.80. The molecule has 3 heteroatoms. The molecule has 0 saturated heterocycles. The molecule has 0 amide bonds. The Hall–Kier alpha value is -1.66. The van der Waals surface area contributed by atoms with Gasteiger partial charge in [-0.25, -0.2) is 0 Å². The van der Waals surface area contributed by atoms with E-state index < -0.39 is 0 Å². The highest BCUT2D eigenvalue weighted by Crippen LogP contribution is 2.31. The molecule has 1 aromatic carbocycles. The third-order valence-electron chi connectivity index (χ3n) is 2.77. The molecule has 0 aliphatic rings. The maximum absolute atomic E-state index is 5.89. The van der Waals surface area contributed by atoms with Gasteiger partial charge in [0.1, 0.15) is 0 Å². The molecular formula is C17H25NO2. The van der Waals surface area contributed by atoms with Crippen LogP contribution in [0.4, 0.5) is 0 Å². The molecule has 0 aromatic heterocycles. The van der Waals surface area contributed by atoms with Crippen LogP contribution in [-0.2, 0) is 6.54 Å². The van der Waals surface area contributed by atoms with Crippen LogP contribution >= 0.6 is 0 Å². The highest BCUT2D eigenvalue weighted by atomic mass is 16.5. The molecule has 0 fully saturated rings. The van der Waals surface area contributed by atoms with E-state index in [1.807, 2.05) is 19.1 Å². The quantitative estimate of drug-likeness (QED) is 0.553. The molecule has 0 radical (unpaired) electrons. The van der Waals surface area contributed by atoms with Gasteiger partial charge in [-0.15, -0.1) is 12.3 Å². The lowest BCUT2D eigenvalue weighted by Gasteiger charge is -2.17. The van der Waals surface area contributed by atoms with Crippen LogP contribution in [0, 0.1) is 12.3 Å². The van der Waals surface area contributed by atoms with Crippen LogP contribution < -0.4 is 14.8 Å². The zero-order chi connectivity index (χ0) is 14.8. The molecule has 0 saturated carbocycles. The molecular weight excluding hydrogens is 250 g/mol. The predicted octanol–water partition coefficient (Wildman–Crippen LogP) is 3.38. The van der Waals surface area contributed by atoms with E-state index in [9.17, 15) is 0 Å². The molecule has 1 N–H and O–H groups in total. The van der Waals surface area contributed by atoms with E-state index in [2.05, 4.69) is 31.2 Å². The largest absolute Gasteiger partial charge is 0.490 e. The van der Waals surface area contributed by atoms with Crippen molar-refractivity contribution in [3.63, 3.8) is 0 Å². The fourth-order valence-corrected chi connectivity index (χ4v) is 1.80. The molecule has 3 nitrogen and oxygen atoms in total. The number of nitrogens with one attached hydrogen (secondary N) is 1. The summed E-state index contributed by atoms with van der Waals surface area (Å²) in [4.78, 5) is 0. The summed E-state index contributed by atoms with van der Waals surface area (Å²) in [6, 6.07) is 6.43. The number of benzene rings is 1. The molecule has 110 valence electrons. The highest BCUT2D eigenvalue weighted by Gasteiger charge is 2.11. The van der Waals surface area contributed by atoms with Crippen molar-refractivity contribution in [3.8, 4) is 23.8 Å². The average molecular weight is 275 g/mol. The van der Waals surface area contributed by atoms with Crippen molar-refractivity contribution in [1.29, 1.82) is 0 Å². The number of rotatable bonds is 9. The zero-order valence-corrected chi connectivity index (χ0v) is 12.7. The lowest BCUT2D eigenvalue weighted by Crippen LogP contribution is -2.22. The van der Waals surface area contributed by atoms with E-state index in [0.717, 1.165) is 36.4 Å². The first-order valence-electron chi connectivity index (χ1n) is 7.23. The van der Waals surface area contributed by atoms with E-state index >= 15 is 0 Å². The van der Waals surface area contributed by atoms with Crippen LogP contribution in [-0.4, -0.2) is 19.3 Å². The Morgan fingerprint density at radius 3 is 2.75 bits per heavy atom. The first-order chi connectivity index (χ1) is 9.69. The summed E-state index contributed by atoms with van der Waals surface area (Å²) < 4.78 is 11.5. The second-order valence-corrected chi connectivity index (χ2v) is 4.87. The minimum atomic E-state index is 0.431. The van der Waals surface area contributed by atoms with Gasteiger partial charge in [-0.1, -0.05) is 26.0 Å². The number of ether oxygens (including phenoxy) is 2. The Balaban J connectivity index is 2.79. The van der Waals surface area contributed by atoms with Crippen molar-refractivity contribution in [1.82, 2.24) is 5.32 Å². The van der Waals surface area contributed by atoms with Crippen LogP contribution in [0.25, 0.3) is 0 Å². The summed E-state index contributed by atoms with van der Waals surface area (Å²) in [5.41, 5.74) is 1.12. The maximum atomic E-state index is 5.89. The monoisotopic (exact) mass is 275 g/mol. The maximum Gasteiger partial charge on any atom is 0.165 e. The van der Waals surface area contributed by atoms with Crippen molar-refractivity contribution in [2.24, 2.45) is 0 Å². The molecule has 0 spiro atoms. The van der Waals surface area contributed by atoms with Gasteiger partial charge in [-0.3, -0.25) is 0 Å². The molecule has 0 unspecified atom stereocenters. The molecule has 0 aliphatic carbocycles. The SMILES string of the molecule is C#CCCCOc1c(CNC(C)C)cccc1OCC. The summed E-state index contributed by atoms with van der Waals surface area (Å²) >= 11 is 0. The first-order valence-corrected chi connectivity index (χ1v) is 7.23.